The first-order valence-corrected chi connectivity index (χ1v) is 8.04. The number of rotatable bonds is 9. The van der Waals surface area contributed by atoms with Crippen molar-refractivity contribution in [3.05, 3.63) is 54.1 Å². The Morgan fingerprint density at radius 1 is 1.08 bits per heavy atom. The van der Waals surface area contributed by atoms with E-state index in [1.807, 2.05) is 30.3 Å². The molecule has 0 saturated carbocycles. The smallest absolute Gasteiger partial charge is 0.241 e. The zero-order valence-corrected chi connectivity index (χ0v) is 14.5. The molecule has 0 aromatic heterocycles. The van der Waals surface area contributed by atoms with Crippen molar-refractivity contribution < 1.29 is 19.0 Å². The monoisotopic (exact) mass is 344 g/mol. The first kappa shape index (κ1) is 18.8. The Labute approximate surface area is 147 Å². The lowest BCUT2D eigenvalue weighted by Gasteiger charge is -2.15. The van der Waals surface area contributed by atoms with Crippen LogP contribution in [0.4, 0.5) is 5.69 Å². The second kappa shape index (κ2) is 9.66. The third-order valence-corrected chi connectivity index (χ3v) is 3.61. The van der Waals surface area contributed by atoms with E-state index in [1.165, 1.54) is 0 Å². The van der Waals surface area contributed by atoms with Gasteiger partial charge in [-0.2, -0.15) is 0 Å². The van der Waals surface area contributed by atoms with Gasteiger partial charge in [0.1, 0.15) is 6.61 Å². The van der Waals surface area contributed by atoms with Crippen LogP contribution in [0.25, 0.3) is 0 Å². The van der Waals surface area contributed by atoms with Crippen LogP contribution < -0.4 is 20.5 Å². The maximum Gasteiger partial charge on any atom is 0.241 e. The third kappa shape index (κ3) is 5.77. The Bertz CT molecular complexity index is 676. The first-order chi connectivity index (χ1) is 12.1. The number of nitrogens with one attached hydrogen (secondary N) is 1. The molecule has 0 unspecified atom stereocenters. The molecule has 0 saturated heterocycles. The molecular weight excluding hydrogens is 320 g/mol. The Morgan fingerprint density at radius 2 is 1.84 bits per heavy atom. The minimum Gasteiger partial charge on any atom is -0.493 e. The molecule has 134 valence electrons. The molecule has 1 atom stereocenters. The summed E-state index contributed by atoms with van der Waals surface area (Å²) in [5.41, 5.74) is 7.62. The van der Waals surface area contributed by atoms with E-state index in [1.54, 1.807) is 32.4 Å². The summed E-state index contributed by atoms with van der Waals surface area (Å²) in [6.45, 7) is 0.847. The van der Waals surface area contributed by atoms with E-state index in [2.05, 4.69) is 5.32 Å². The molecule has 0 aliphatic heterocycles. The van der Waals surface area contributed by atoms with Gasteiger partial charge >= 0.3 is 0 Å². The predicted octanol–water partition coefficient (Wildman–Crippen LogP) is 2.23. The second-order valence-corrected chi connectivity index (χ2v) is 5.49. The molecule has 2 rings (SSSR count). The Balaban J connectivity index is 2.00. The summed E-state index contributed by atoms with van der Waals surface area (Å²) in [6, 6.07) is 14.2. The fraction of sp³-hybridized carbons (Fsp3) is 0.316. The van der Waals surface area contributed by atoms with Gasteiger partial charge in [0.05, 0.1) is 19.8 Å². The van der Waals surface area contributed by atoms with Crippen LogP contribution >= 0.6 is 0 Å². The van der Waals surface area contributed by atoms with Crippen molar-refractivity contribution in [2.75, 3.05) is 32.8 Å². The predicted molar refractivity (Wildman–Crippen MR) is 97.1 cm³/mol. The molecule has 25 heavy (non-hydrogen) atoms. The van der Waals surface area contributed by atoms with Crippen molar-refractivity contribution in [3.8, 4) is 11.5 Å². The zero-order valence-electron chi connectivity index (χ0n) is 14.5. The molecule has 0 bridgehead atoms. The highest BCUT2D eigenvalue weighted by molar-refractivity contribution is 5.95. The van der Waals surface area contributed by atoms with Crippen LogP contribution in [-0.2, 0) is 16.0 Å². The van der Waals surface area contributed by atoms with Gasteiger partial charge < -0.3 is 25.3 Å². The van der Waals surface area contributed by atoms with Crippen LogP contribution in [-0.4, -0.2) is 39.4 Å². The highest BCUT2D eigenvalue weighted by Gasteiger charge is 2.15. The van der Waals surface area contributed by atoms with E-state index >= 15 is 0 Å². The number of hydrogen-bond acceptors (Lipinski definition) is 5. The van der Waals surface area contributed by atoms with E-state index in [4.69, 9.17) is 19.9 Å². The van der Waals surface area contributed by atoms with Crippen molar-refractivity contribution >= 4 is 11.6 Å². The zero-order chi connectivity index (χ0) is 18.1. The average molecular weight is 344 g/mol. The van der Waals surface area contributed by atoms with Crippen molar-refractivity contribution in [1.82, 2.24) is 0 Å². The number of nitrogens with two attached hydrogens (primary N) is 1. The van der Waals surface area contributed by atoms with Gasteiger partial charge in [0.25, 0.3) is 0 Å². The van der Waals surface area contributed by atoms with E-state index in [9.17, 15) is 4.79 Å². The highest BCUT2D eigenvalue weighted by atomic mass is 16.5. The number of amides is 1. The molecular formula is C19H24N2O4. The van der Waals surface area contributed by atoms with Crippen LogP contribution in [0.2, 0.25) is 0 Å². The van der Waals surface area contributed by atoms with Gasteiger partial charge in [-0.1, -0.05) is 30.3 Å². The van der Waals surface area contributed by atoms with Crippen LogP contribution in [0, 0.1) is 0 Å². The molecule has 0 spiro atoms. The third-order valence-electron chi connectivity index (χ3n) is 3.61. The topological polar surface area (TPSA) is 82.8 Å². The largest absolute Gasteiger partial charge is 0.493 e. The maximum atomic E-state index is 12.3. The second-order valence-electron chi connectivity index (χ2n) is 5.49. The van der Waals surface area contributed by atoms with Gasteiger partial charge in [0.2, 0.25) is 5.91 Å². The average Bonchev–Trinajstić information content (AvgIpc) is 2.63. The van der Waals surface area contributed by atoms with Crippen LogP contribution in [0.5, 0.6) is 11.5 Å². The molecule has 6 heteroatoms. The summed E-state index contributed by atoms with van der Waals surface area (Å²) >= 11 is 0. The summed E-state index contributed by atoms with van der Waals surface area (Å²) in [7, 11) is 3.16. The quantitative estimate of drug-likeness (QED) is 0.682. The van der Waals surface area contributed by atoms with E-state index in [0.29, 0.717) is 36.8 Å². The van der Waals surface area contributed by atoms with Crippen molar-refractivity contribution in [1.29, 1.82) is 0 Å². The number of ether oxygens (including phenoxy) is 3. The van der Waals surface area contributed by atoms with Crippen LogP contribution in [0.3, 0.4) is 0 Å². The standard InChI is InChI=1S/C19H24N2O4/c1-23-10-11-25-18-13-15(8-9-17(18)24-2)21-19(22)16(20)12-14-6-4-3-5-7-14/h3-9,13,16H,10-12,20H2,1-2H3,(H,21,22)/t16-/m0/s1. The number of benzene rings is 2. The molecule has 0 aliphatic carbocycles. The Kier molecular flexibility index (Phi) is 7.25. The first-order valence-electron chi connectivity index (χ1n) is 8.04. The fourth-order valence-corrected chi connectivity index (χ4v) is 2.30. The number of hydrogen-bond donors (Lipinski definition) is 2. The summed E-state index contributed by atoms with van der Waals surface area (Å²) in [6.07, 6.45) is 0.472. The van der Waals surface area contributed by atoms with Gasteiger partial charge in [-0.25, -0.2) is 0 Å². The number of anilines is 1. The van der Waals surface area contributed by atoms with E-state index in [-0.39, 0.29) is 5.91 Å². The summed E-state index contributed by atoms with van der Waals surface area (Å²) < 4.78 is 15.8. The molecule has 2 aromatic rings. The van der Waals surface area contributed by atoms with Crippen molar-refractivity contribution in [2.45, 2.75) is 12.5 Å². The van der Waals surface area contributed by atoms with Gasteiger partial charge in [0, 0.05) is 18.9 Å². The van der Waals surface area contributed by atoms with Crippen molar-refractivity contribution in [2.24, 2.45) is 5.73 Å². The number of methoxy groups -OCH3 is 2. The van der Waals surface area contributed by atoms with Crippen LogP contribution in [0.15, 0.2) is 48.5 Å². The molecule has 2 aromatic carbocycles. The van der Waals surface area contributed by atoms with Gasteiger partial charge in [-0.15, -0.1) is 0 Å². The van der Waals surface area contributed by atoms with E-state index in [0.717, 1.165) is 5.56 Å². The highest BCUT2D eigenvalue weighted by Crippen LogP contribution is 2.30. The van der Waals surface area contributed by atoms with Gasteiger partial charge in [-0.3, -0.25) is 4.79 Å². The van der Waals surface area contributed by atoms with E-state index < -0.39 is 6.04 Å². The Morgan fingerprint density at radius 3 is 2.52 bits per heavy atom. The Hall–Kier alpha value is -2.57. The summed E-state index contributed by atoms with van der Waals surface area (Å²) in [4.78, 5) is 12.3. The molecule has 0 radical (unpaired) electrons. The lowest BCUT2D eigenvalue weighted by molar-refractivity contribution is -0.117. The minimum atomic E-state index is -0.637. The number of carbonyl (C=O) groups is 1. The normalized spacial score (nSPS) is 11.6. The molecule has 3 N–H and O–H groups in total. The molecule has 0 heterocycles. The summed E-state index contributed by atoms with van der Waals surface area (Å²) in [5.74, 6) is 0.869. The lowest BCUT2D eigenvalue weighted by atomic mass is 10.1. The molecule has 6 nitrogen and oxygen atoms in total. The van der Waals surface area contributed by atoms with Crippen molar-refractivity contribution in [3.63, 3.8) is 0 Å². The molecule has 1 amide bonds. The summed E-state index contributed by atoms with van der Waals surface area (Å²) in [5, 5.41) is 2.81. The SMILES string of the molecule is COCCOc1cc(NC(=O)[C@@H](N)Cc2ccccc2)ccc1OC. The maximum absolute atomic E-state index is 12.3. The van der Waals surface area contributed by atoms with Gasteiger partial charge in [0.15, 0.2) is 11.5 Å². The van der Waals surface area contributed by atoms with Crippen LogP contribution in [0.1, 0.15) is 5.56 Å². The van der Waals surface area contributed by atoms with Gasteiger partial charge in [-0.05, 0) is 24.1 Å². The molecule has 0 aliphatic rings. The number of carbonyl (C=O) groups excluding carboxylic acids is 1. The fourth-order valence-electron chi connectivity index (χ4n) is 2.30. The molecule has 0 fully saturated rings. The lowest BCUT2D eigenvalue weighted by Crippen LogP contribution is -2.37. The minimum absolute atomic E-state index is 0.253.